The molecule has 2 aromatic rings. The Labute approximate surface area is 168 Å². The van der Waals surface area contributed by atoms with Crippen LogP contribution in [0.3, 0.4) is 0 Å². The number of aromatic nitrogens is 2. The van der Waals surface area contributed by atoms with Crippen molar-refractivity contribution in [3.8, 4) is 0 Å². The van der Waals surface area contributed by atoms with Crippen molar-refractivity contribution in [2.75, 3.05) is 19.1 Å². The summed E-state index contributed by atoms with van der Waals surface area (Å²) in [6, 6.07) is 10.2. The molecule has 1 aromatic heterocycles. The maximum Gasteiger partial charge on any atom is 0.180 e. The molecule has 8 heteroatoms. The number of aliphatic imine (C=N–C) groups is 1. The van der Waals surface area contributed by atoms with Crippen LogP contribution in [0.15, 0.2) is 41.5 Å². The van der Waals surface area contributed by atoms with Gasteiger partial charge >= 0.3 is 0 Å². The van der Waals surface area contributed by atoms with Crippen LogP contribution in [-0.4, -0.2) is 45.4 Å². The fourth-order valence-corrected chi connectivity index (χ4v) is 3.60. The van der Waals surface area contributed by atoms with E-state index in [9.17, 15) is 0 Å². The number of H-pyrrole nitrogens is 1. The molecule has 1 aliphatic rings. The maximum atomic E-state index is 7.73. The minimum Gasteiger partial charge on any atom is -0.374 e. The summed E-state index contributed by atoms with van der Waals surface area (Å²) in [7, 11) is 0. The quantitative estimate of drug-likeness (QED) is 0.555. The Morgan fingerprint density at radius 3 is 2.85 bits per heavy atom. The largest absolute Gasteiger partial charge is 0.374 e. The Morgan fingerprint density at radius 1 is 1.30 bits per heavy atom. The van der Waals surface area contributed by atoms with Crippen LogP contribution in [0.4, 0.5) is 0 Å². The lowest BCUT2D eigenvalue weighted by Gasteiger charge is -2.13. The molecule has 0 unspecified atom stereocenters. The van der Waals surface area contributed by atoms with Gasteiger partial charge in [-0.2, -0.15) is 0 Å². The Balaban J connectivity index is 1.52. The number of benzene rings is 1. The van der Waals surface area contributed by atoms with E-state index in [-0.39, 0.29) is 17.4 Å². The number of imidazole rings is 1. The van der Waals surface area contributed by atoms with Crippen LogP contribution in [-0.2, 0) is 16.1 Å². The van der Waals surface area contributed by atoms with Gasteiger partial charge in [0.1, 0.15) is 5.04 Å². The number of thioether (sulfide) groups is 2. The summed E-state index contributed by atoms with van der Waals surface area (Å²) in [6.07, 6.45) is 7.58. The van der Waals surface area contributed by atoms with Crippen LogP contribution in [0.1, 0.15) is 36.0 Å². The van der Waals surface area contributed by atoms with Crippen LogP contribution in [0.25, 0.3) is 0 Å². The molecule has 0 aliphatic carbocycles. The van der Waals surface area contributed by atoms with Gasteiger partial charge in [-0.05, 0) is 30.9 Å². The smallest absolute Gasteiger partial charge is 0.180 e. The monoisotopic (exact) mass is 404 g/mol. The first kappa shape index (κ1) is 20.1. The summed E-state index contributed by atoms with van der Waals surface area (Å²) >= 11 is 2.78. The first-order valence-electron chi connectivity index (χ1n) is 8.77. The van der Waals surface area contributed by atoms with E-state index in [4.69, 9.17) is 14.9 Å². The lowest BCUT2D eigenvalue weighted by atomic mass is 10.1. The van der Waals surface area contributed by atoms with Gasteiger partial charge in [0.2, 0.25) is 0 Å². The lowest BCUT2D eigenvalue weighted by Crippen LogP contribution is -2.15. The summed E-state index contributed by atoms with van der Waals surface area (Å²) in [5, 5.41) is 8.71. The van der Waals surface area contributed by atoms with Crippen molar-refractivity contribution in [2.24, 2.45) is 4.99 Å². The molecule has 0 bridgehead atoms. The first-order chi connectivity index (χ1) is 13.2. The number of amidine groups is 1. The van der Waals surface area contributed by atoms with E-state index in [0.29, 0.717) is 24.1 Å². The van der Waals surface area contributed by atoms with Crippen molar-refractivity contribution in [1.29, 1.82) is 5.41 Å². The molecule has 0 spiro atoms. The van der Waals surface area contributed by atoms with Gasteiger partial charge < -0.3 is 14.5 Å². The Kier molecular flexibility index (Phi) is 7.51. The zero-order valence-electron chi connectivity index (χ0n) is 15.5. The van der Waals surface area contributed by atoms with Crippen molar-refractivity contribution in [1.82, 2.24) is 9.97 Å². The summed E-state index contributed by atoms with van der Waals surface area (Å²) in [5.74, 6) is 0.684. The van der Waals surface area contributed by atoms with E-state index < -0.39 is 0 Å². The molecule has 0 amide bonds. The van der Waals surface area contributed by atoms with E-state index >= 15 is 0 Å². The molecule has 0 radical (unpaired) electrons. The van der Waals surface area contributed by atoms with Crippen molar-refractivity contribution >= 4 is 33.7 Å². The zero-order chi connectivity index (χ0) is 19.1. The Bertz CT molecular complexity index is 779. The Morgan fingerprint density at radius 2 is 2.11 bits per heavy atom. The van der Waals surface area contributed by atoms with Gasteiger partial charge in [-0.3, -0.25) is 5.41 Å². The van der Waals surface area contributed by atoms with Crippen LogP contribution in [0, 0.1) is 5.41 Å². The fourth-order valence-electron chi connectivity index (χ4n) is 2.88. The number of hydrogen-bond donors (Lipinski definition) is 2. The molecule has 1 aliphatic heterocycles. The van der Waals surface area contributed by atoms with Gasteiger partial charge in [-0.25, -0.2) is 9.98 Å². The third-order valence-corrected chi connectivity index (χ3v) is 5.41. The van der Waals surface area contributed by atoms with Gasteiger partial charge in [0, 0.05) is 0 Å². The summed E-state index contributed by atoms with van der Waals surface area (Å²) in [4.78, 5) is 12.0. The summed E-state index contributed by atoms with van der Waals surface area (Å²) < 4.78 is 11.9. The van der Waals surface area contributed by atoms with E-state index in [2.05, 4.69) is 27.1 Å². The van der Waals surface area contributed by atoms with E-state index in [1.807, 2.05) is 36.9 Å². The molecule has 27 heavy (non-hydrogen) atoms. The number of nitrogens with one attached hydrogen (secondary N) is 2. The molecule has 2 heterocycles. The van der Waals surface area contributed by atoms with Crippen molar-refractivity contribution < 1.29 is 9.47 Å². The predicted molar refractivity (Wildman–Crippen MR) is 113 cm³/mol. The van der Waals surface area contributed by atoms with Crippen LogP contribution in [0.2, 0.25) is 0 Å². The molecule has 0 saturated carbocycles. The van der Waals surface area contributed by atoms with Gasteiger partial charge in [-0.15, -0.1) is 11.8 Å². The summed E-state index contributed by atoms with van der Waals surface area (Å²) in [6.45, 7) is 1.20. The maximum absolute atomic E-state index is 7.73. The average molecular weight is 405 g/mol. The van der Waals surface area contributed by atoms with Gasteiger partial charge in [0.05, 0.1) is 37.3 Å². The molecule has 144 valence electrons. The number of hydrogen-bond acceptors (Lipinski definition) is 6. The number of aromatic amines is 1. The third kappa shape index (κ3) is 5.68. The minimum atomic E-state index is -0.000293. The SMILES string of the molecule is CSC(=N)N=C(SC)c1ncc([C@H]2CC[C@@H](COCc3ccccc3)O2)[nH]1. The summed E-state index contributed by atoms with van der Waals surface area (Å²) in [5.41, 5.74) is 2.12. The molecule has 2 atom stereocenters. The van der Waals surface area contributed by atoms with Crippen molar-refractivity contribution in [3.63, 3.8) is 0 Å². The van der Waals surface area contributed by atoms with E-state index in [0.717, 1.165) is 18.5 Å². The van der Waals surface area contributed by atoms with Crippen molar-refractivity contribution in [2.45, 2.75) is 31.7 Å². The highest BCUT2D eigenvalue weighted by Gasteiger charge is 2.28. The number of nitrogens with zero attached hydrogens (tertiary/aromatic N) is 2. The van der Waals surface area contributed by atoms with Gasteiger partial charge in [0.15, 0.2) is 11.0 Å². The predicted octanol–water partition coefficient (Wildman–Crippen LogP) is 4.25. The second kappa shape index (κ2) is 10.1. The highest BCUT2D eigenvalue weighted by atomic mass is 32.2. The Hall–Kier alpha value is -1.61. The topological polar surface area (TPSA) is 83.3 Å². The lowest BCUT2D eigenvalue weighted by molar-refractivity contribution is -0.0215. The second-order valence-electron chi connectivity index (χ2n) is 6.14. The molecule has 1 fully saturated rings. The molecule has 2 N–H and O–H groups in total. The third-order valence-electron chi connectivity index (χ3n) is 4.26. The van der Waals surface area contributed by atoms with Crippen molar-refractivity contribution in [3.05, 3.63) is 53.6 Å². The standard InChI is InChI=1S/C19H24N4O2S2/c1-26-18(23-19(20)27-2)17-21-10-15(22-17)16-9-8-14(25-16)12-24-11-13-6-4-3-5-7-13/h3-7,10,14,16,20H,8-9,11-12H2,1-2H3,(H,21,22)/t14-,16+/m0/s1. The zero-order valence-corrected chi connectivity index (χ0v) is 17.1. The molecular weight excluding hydrogens is 380 g/mol. The molecule has 6 nitrogen and oxygen atoms in total. The van der Waals surface area contributed by atoms with Crippen LogP contribution in [0.5, 0.6) is 0 Å². The van der Waals surface area contributed by atoms with Crippen LogP contribution >= 0.6 is 23.5 Å². The highest BCUT2D eigenvalue weighted by molar-refractivity contribution is 8.15. The number of ether oxygens (including phenoxy) is 2. The van der Waals surface area contributed by atoms with Gasteiger partial charge in [-0.1, -0.05) is 42.1 Å². The first-order valence-corrected chi connectivity index (χ1v) is 11.2. The van der Waals surface area contributed by atoms with E-state index in [1.54, 1.807) is 0 Å². The normalized spacial score (nSPS) is 20.1. The van der Waals surface area contributed by atoms with Crippen LogP contribution < -0.4 is 0 Å². The minimum absolute atomic E-state index is 0.000293. The van der Waals surface area contributed by atoms with Gasteiger partial charge in [0.25, 0.3) is 0 Å². The second-order valence-corrected chi connectivity index (χ2v) is 7.73. The highest BCUT2D eigenvalue weighted by Crippen LogP contribution is 2.32. The fraction of sp³-hybridized carbons (Fsp3) is 0.421. The number of rotatable bonds is 6. The molecule has 1 saturated heterocycles. The molecule has 3 rings (SSSR count). The average Bonchev–Trinajstić information content (AvgIpc) is 3.36. The van der Waals surface area contributed by atoms with E-state index in [1.165, 1.54) is 29.1 Å². The molecular formula is C19H24N4O2S2. The molecule has 1 aromatic carbocycles.